The first kappa shape index (κ1) is 67.3. The number of hydrogen-bond acceptors (Lipinski definition) is 15. The van der Waals surface area contributed by atoms with E-state index in [4.69, 9.17) is 28.4 Å². The summed E-state index contributed by atoms with van der Waals surface area (Å²) in [4.78, 5) is 25.9. The first-order valence-electron chi connectivity index (χ1n) is 29.8. The molecule has 2 heterocycles. The molecule has 2 aliphatic heterocycles. The van der Waals surface area contributed by atoms with Gasteiger partial charge in [0.05, 0.1) is 19.8 Å². The zero-order valence-corrected chi connectivity index (χ0v) is 45.9. The summed E-state index contributed by atoms with van der Waals surface area (Å²) < 4.78 is 33.7. The molecular formula is C58H108O15. The molecule has 0 aromatic heterocycles. The highest BCUT2D eigenvalue weighted by atomic mass is 16.7. The van der Waals surface area contributed by atoms with Crippen molar-refractivity contribution in [3.63, 3.8) is 0 Å². The Kier molecular flexibility index (Phi) is 41.8. The highest BCUT2D eigenvalue weighted by Gasteiger charge is 2.47. The van der Waals surface area contributed by atoms with Crippen molar-refractivity contribution in [2.75, 3.05) is 26.4 Å². The zero-order chi connectivity index (χ0) is 53.2. The number of carbonyl (C=O) groups is 2. The molecule has 2 aliphatic rings. The first-order valence-corrected chi connectivity index (χ1v) is 29.8. The second-order valence-electron chi connectivity index (χ2n) is 21.2. The van der Waals surface area contributed by atoms with E-state index in [9.17, 15) is 45.3 Å². The predicted octanol–water partition coefficient (Wildman–Crippen LogP) is 10.1. The van der Waals surface area contributed by atoms with Gasteiger partial charge in [-0.25, -0.2) is 0 Å². The van der Waals surface area contributed by atoms with Crippen LogP contribution in [0.5, 0.6) is 0 Å². The van der Waals surface area contributed by atoms with E-state index in [1.165, 1.54) is 161 Å². The maximum absolute atomic E-state index is 13.1. The van der Waals surface area contributed by atoms with Gasteiger partial charge in [-0.1, -0.05) is 212 Å². The third-order valence-corrected chi connectivity index (χ3v) is 14.5. The minimum absolute atomic E-state index is 0.165. The summed E-state index contributed by atoms with van der Waals surface area (Å²) >= 11 is 0. The topological polar surface area (TPSA) is 231 Å². The molecule has 0 bridgehead atoms. The molecule has 0 aromatic rings. The smallest absolute Gasteiger partial charge is 0.306 e. The molecule has 7 N–H and O–H groups in total. The van der Waals surface area contributed by atoms with E-state index in [0.29, 0.717) is 12.8 Å². The Labute approximate surface area is 441 Å². The summed E-state index contributed by atoms with van der Waals surface area (Å²) in [7, 11) is 0. The lowest BCUT2D eigenvalue weighted by atomic mass is 9.98. The van der Waals surface area contributed by atoms with Crippen LogP contribution in [0.25, 0.3) is 0 Å². The van der Waals surface area contributed by atoms with Crippen LogP contribution in [0, 0.1) is 0 Å². The second-order valence-corrected chi connectivity index (χ2v) is 21.2. The van der Waals surface area contributed by atoms with Gasteiger partial charge >= 0.3 is 11.9 Å². The van der Waals surface area contributed by atoms with Crippen LogP contribution in [-0.4, -0.2) is 142 Å². The minimum atomic E-state index is -1.76. The summed E-state index contributed by atoms with van der Waals surface area (Å²) in [5.41, 5.74) is 0. The molecule has 2 rings (SSSR count). The number of esters is 2. The maximum Gasteiger partial charge on any atom is 0.306 e. The van der Waals surface area contributed by atoms with Gasteiger partial charge in [-0.05, 0) is 38.5 Å². The second kappa shape index (κ2) is 45.3. The molecule has 0 aliphatic carbocycles. The van der Waals surface area contributed by atoms with E-state index in [0.717, 1.165) is 51.4 Å². The Hall–Kier alpha value is -1.76. The van der Waals surface area contributed by atoms with Gasteiger partial charge in [0.15, 0.2) is 18.7 Å². The average molecular weight is 1050 g/mol. The van der Waals surface area contributed by atoms with Crippen molar-refractivity contribution < 1.29 is 73.8 Å². The lowest BCUT2D eigenvalue weighted by Gasteiger charge is -2.42. The Balaban J connectivity index is 1.74. The Morgan fingerprint density at radius 2 is 0.781 bits per heavy atom. The van der Waals surface area contributed by atoms with Gasteiger partial charge in [-0.2, -0.15) is 0 Å². The molecule has 0 spiro atoms. The molecular weight excluding hydrogens is 937 g/mol. The van der Waals surface area contributed by atoms with Gasteiger partial charge in [0.25, 0.3) is 0 Å². The lowest BCUT2D eigenvalue weighted by molar-refractivity contribution is -0.332. The molecule has 2 fully saturated rings. The minimum Gasteiger partial charge on any atom is -0.462 e. The summed E-state index contributed by atoms with van der Waals surface area (Å²) in [5, 5.41) is 72.3. The number of unbranched alkanes of at least 4 members (excludes halogenated alkanes) is 32. The van der Waals surface area contributed by atoms with Crippen LogP contribution in [-0.2, 0) is 38.0 Å². The first-order chi connectivity index (χ1) is 35.5. The molecule has 0 saturated carbocycles. The largest absolute Gasteiger partial charge is 0.462 e. The Bertz CT molecular complexity index is 1320. The fourth-order valence-corrected chi connectivity index (χ4v) is 9.63. The number of allylic oxidation sites excluding steroid dienone is 2. The normalized spacial score (nSPS) is 24.8. The predicted molar refractivity (Wildman–Crippen MR) is 285 cm³/mol. The Morgan fingerprint density at radius 3 is 1.21 bits per heavy atom. The van der Waals surface area contributed by atoms with E-state index >= 15 is 0 Å². The standard InChI is InChI=1S/C58H108O15/c1-3-5-7-9-11-13-15-17-19-21-23-25-26-28-30-32-34-36-38-40-49(60)68-43-46(71-50(61)41-39-37-35-33-31-29-27-24-22-20-18-16-14-12-10-8-6-4-2)44-69-57-56(67)54(65)52(63)48(73-57)45-70-58-55(66)53(64)51(62)47(42-59)72-58/h20,22,46-48,51-59,62-67H,3-19,21,23-45H2,1-2H3/b22-20-. The van der Waals surface area contributed by atoms with Crippen LogP contribution < -0.4 is 0 Å². The van der Waals surface area contributed by atoms with Crippen molar-refractivity contribution in [2.24, 2.45) is 0 Å². The lowest BCUT2D eigenvalue weighted by Crippen LogP contribution is -2.61. The van der Waals surface area contributed by atoms with Crippen molar-refractivity contribution in [1.82, 2.24) is 0 Å². The number of carbonyl (C=O) groups excluding carboxylic acids is 2. The molecule has 73 heavy (non-hydrogen) atoms. The van der Waals surface area contributed by atoms with E-state index in [-0.39, 0.29) is 26.1 Å². The summed E-state index contributed by atoms with van der Waals surface area (Å²) in [6, 6.07) is 0. The van der Waals surface area contributed by atoms with Crippen molar-refractivity contribution in [3.8, 4) is 0 Å². The highest BCUT2D eigenvalue weighted by molar-refractivity contribution is 5.70. The SMILES string of the molecule is CCCCCCCCC/C=C\CCCCCCCCCC(=O)OC(COC(=O)CCCCCCCCCCCCCCCCCCCCC)COC1OC(COC2OC(CO)C(O)C(O)C2O)C(O)C(O)C1O. The third kappa shape index (κ3) is 32.6. The number of aliphatic hydroxyl groups excluding tert-OH is 7. The van der Waals surface area contributed by atoms with Gasteiger partial charge in [0, 0.05) is 12.8 Å². The molecule has 430 valence electrons. The van der Waals surface area contributed by atoms with Gasteiger partial charge in [0.1, 0.15) is 55.4 Å². The zero-order valence-electron chi connectivity index (χ0n) is 45.9. The van der Waals surface area contributed by atoms with E-state index in [1.54, 1.807) is 0 Å². The van der Waals surface area contributed by atoms with Crippen LogP contribution in [0.2, 0.25) is 0 Å². The van der Waals surface area contributed by atoms with Gasteiger partial charge in [0.2, 0.25) is 0 Å². The van der Waals surface area contributed by atoms with Gasteiger partial charge in [-0.3, -0.25) is 9.59 Å². The maximum atomic E-state index is 13.1. The molecule has 11 unspecified atom stereocenters. The third-order valence-electron chi connectivity index (χ3n) is 14.5. The summed E-state index contributed by atoms with van der Waals surface area (Å²) in [5.74, 6) is -0.913. The molecule has 2 saturated heterocycles. The fraction of sp³-hybridized carbons (Fsp3) is 0.931. The van der Waals surface area contributed by atoms with Gasteiger partial charge < -0.3 is 64.2 Å². The van der Waals surface area contributed by atoms with Crippen molar-refractivity contribution in [2.45, 2.75) is 319 Å². The van der Waals surface area contributed by atoms with Crippen LogP contribution in [0.3, 0.4) is 0 Å². The van der Waals surface area contributed by atoms with Crippen molar-refractivity contribution in [3.05, 3.63) is 12.2 Å². The fourth-order valence-electron chi connectivity index (χ4n) is 9.63. The number of hydrogen-bond donors (Lipinski definition) is 7. The number of ether oxygens (including phenoxy) is 6. The van der Waals surface area contributed by atoms with E-state index in [1.807, 2.05) is 0 Å². The van der Waals surface area contributed by atoms with Crippen LogP contribution in [0.4, 0.5) is 0 Å². The molecule has 0 radical (unpaired) electrons. The summed E-state index contributed by atoms with van der Waals surface area (Å²) in [6.45, 7) is 2.64. The molecule has 15 nitrogen and oxygen atoms in total. The van der Waals surface area contributed by atoms with Gasteiger partial charge in [-0.15, -0.1) is 0 Å². The average Bonchev–Trinajstić information content (AvgIpc) is 3.38. The van der Waals surface area contributed by atoms with E-state index < -0.39 is 92.7 Å². The molecule has 0 aromatic carbocycles. The van der Waals surface area contributed by atoms with Crippen molar-refractivity contribution in [1.29, 1.82) is 0 Å². The summed E-state index contributed by atoms with van der Waals surface area (Å²) in [6.07, 6.45) is 30.9. The number of aliphatic hydroxyl groups is 7. The van der Waals surface area contributed by atoms with E-state index in [2.05, 4.69) is 26.0 Å². The van der Waals surface area contributed by atoms with Crippen LogP contribution in [0.1, 0.15) is 251 Å². The Morgan fingerprint density at radius 1 is 0.425 bits per heavy atom. The monoisotopic (exact) mass is 1040 g/mol. The molecule has 15 heteroatoms. The van der Waals surface area contributed by atoms with Crippen molar-refractivity contribution >= 4 is 11.9 Å². The highest BCUT2D eigenvalue weighted by Crippen LogP contribution is 2.27. The van der Waals surface area contributed by atoms with Crippen LogP contribution in [0.15, 0.2) is 12.2 Å². The van der Waals surface area contributed by atoms with Crippen LogP contribution >= 0.6 is 0 Å². The quantitative estimate of drug-likeness (QED) is 0.0171. The molecule has 11 atom stereocenters. The number of rotatable bonds is 48. The molecule has 0 amide bonds.